The third-order valence-electron chi connectivity index (χ3n) is 4.79. The lowest BCUT2D eigenvalue weighted by Gasteiger charge is -2.27. The molecular formula is C21H24ClFN2O3. The summed E-state index contributed by atoms with van der Waals surface area (Å²) in [5.74, 6) is 0.0278. The first kappa shape index (κ1) is 20.6. The van der Waals surface area contributed by atoms with Gasteiger partial charge in [0.1, 0.15) is 18.2 Å². The minimum Gasteiger partial charge on any atom is -0.491 e. The van der Waals surface area contributed by atoms with E-state index in [2.05, 4.69) is 5.32 Å². The van der Waals surface area contributed by atoms with Crippen molar-refractivity contribution in [1.82, 2.24) is 4.90 Å². The second-order valence-corrected chi connectivity index (χ2v) is 7.60. The second-order valence-electron chi connectivity index (χ2n) is 7.16. The maximum Gasteiger partial charge on any atom is 0.238 e. The number of halogens is 2. The predicted molar refractivity (Wildman–Crippen MR) is 107 cm³/mol. The molecule has 0 radical (unpaired) electrons. The van der Waals surface area contributed by atoms with E-state index < -0.39 is 11.4 Å². The smallest absolute Gasteiger partial charge is 0.238 e. The summed E-state index contributed by atoms with van der Waals surface area (Å²) >= 11 is 5.95. The molecule has 1 unspecified atom stereocenters. The molecule has 0 bridgehead atoms. The Kier molecular flexibility index (Phi) is 6.88. The summed E-state index contributed by atoms with van der Waals surface area (Å²) in [5, 5.41) is 14.2. The van der Waals surface area contributed by atoms with Gasteiger partial charge in [0, 0.05) is 17.3 Å². The predicted octanol–water partition coefficient (Wildman–Crippen LogP) is 3.71. The first-order chi connectivity index (χ1) is 13.4. The number of nitrogens with zero attached hydrogens (tertiary/aromatic N) is 1. The highest BCUT2D eigenvalue weighted by atomic mass is 35.5. The Morgan fingerprint density at radius 3 is 2.82 bits per heavy atom. The van der Waals surface area contributed by atoms with E-state index >= 15 is 0 Å². The van der Waals surface area contributed by atoms with Crippen LogP contribution in [0.15, 0.2) is 48.5 Å². The average Bonchev–Trinajstić information content (AvgIpc) is 2.82. The fraction of sp³-hybridized carbons (Fsp3) is 0.381. The molecule has 2 aromatic rings. The highest BCUT2D eigenvalue weighted by Crippen LogP contribution is 2.25. The number of rotatable bonds is 6. The number of carbonyl (C=O) groups is 1. The highest BCUT2D eigenvalue weighted by molar-refractivity contribution is 6.30. The van der Waals surface area contributed by atoms with Gasteiger partial charge in [-0.2, -0.15) is 0 Å². The van der Waals surface area contributed by atoms with Crippen LogP contribution in [0.2, 0.25) is 5.02 Å². The van der Waals surface area contributed by atoms with Crippen molar-refractivity contribution in [2.45, 2.75) is 24.9 Å². The van der Waals surface area contributed by atoms with Crippen LogP contribution in [0.5, 0.6) is 5.75 Å². The number of likely N-dealkylation sites (tertiary alicyclic amines) is 1. The molecule has 0 saturated carbocycles. The van der Waals surface area contributed by atoms with Crippen LogP contribution in [0.3, 0.4) is 0 Å². The zero-order valence-corrected chi connectivity index (χ0v) is 16.3. The molecule has 0 aromatic heterocycles. The van der Waals surface area contributed by atoms with Crippen LogP contribution in [-0.2, 0) is 4.79 Å². The Hall–Kier alpha value is -2.15. The highest BCUT2D eigenvalue weighted by Gasteiger charge is 2.31. The van der Waals surface area contributed by atoms with Gasteiger partial charge >= 0.3 is 0 Å². The van der Waals surface area contributed by atoms with E-state index in [9.17, 15) is 14.3 Å². The van der Waals surface area contributed by atoms with Gasteiger partial charge in [0.05, 0.1) is 12.1 Å². The number of anilines is 1. The summed E-state index contributed by atoms with van der Waals surface area (Å²) in [6.45, 7) is 1.65. The normalized spacial score (nSPS) is 20.4. The number of amides is 1. The van der Waals surface area contributed by atoms with Crippen molar-refractivity contribution >= 4 is 23.2 Å². The van der Waals surface area contributed by atoms with Gasteiger partial charge in [-0.3, -0.25) is 9.69 Å². The minimum atomic E-state index is -0.948. The number of nitrogens with one attached hydrogen (secondary N) is 1. The molecule has 3 rings (SSSR count). The lowest BCUT2D eigenvalue weighted by Crippen LogP contribution is -2.38. The van der Waals surface area contributed by atoms with Gasteiger partial charge in [0.15, 0.2) is 0 Å². The van der Waals surface area contributed by atoms with Crippen LogP contribution in [0.25, 0.3) is 0 Å². The molecule has 1 fully saturated rings. The van der Waals surface area contributed by atoms with Crippen molar-refractivity contribution in [3.05, 3.63) is 59.4 Å². The molecule has 5 nitrogen and oxygen atoms in total. The molecule has 1 aliphatic rings. The van der Waals surface area contributed by atoms with Crippen molar-refractivity contribution in [3.63, 3.8) is 0 Å². The lowest BCUT2D eigenvalue weighted by molar-refractivity contribution is -0.117. The van der Waals surface area contributed by atoms with Gasteiger partial charge in [-0.1, -0.05) is 23.7 Å². The SMILES string of the molecule is O=C(CN1CCCC(O)(COc2cccc(Cl)c2)CC1)Nc1cccc(F)c1. The number of hydrogen-bond donors (Lipinski definition) is 2. The van der Waals surface area contributed by atoms with Gasteiger partial charge < -0.3 is 15.2 Å². The van der Waals surface area contributed by atoms with Crippen molar-refractivity contribution in [2.75, 3.05) is 31.6 Å². The van der Waals surface area contributed by atoms with Gasteiger partial charge in [-0.25, -0.2) is 4.39 Å². The molecule has 28 heavy (non-hydrogen) atoms. The molecule has 1 amide bonds. The fourth-order valence-electron chi connectivity index (χ4n) is 3.28. The Morgan fingerprint density at radius 1 is 1.21 bits per heavy atom. The monoisotopic (exact) mass is 406 g/mol. The van der Waals surface area contributed by atoms with E-state index in [1.807, 2.05) is 4.90 Å². The Bertz CT molecular complexity index is 820. The molecule has 0 spiro atoms. The molecule has 7 heteroatoms. The lowest BCUT2D eigenvalue weighted by atomic mass is 9.96. The maximum absolute atomic E-state index is 13.2. The van der Waals surface area contributed by atoms with Crippen molar-refractivity contribution in [1.29, 1.82) is 0 Å². The van der Waals surface area contributed by atoms with Crippen molar-refractivity contribution in [3.8, 4) is 5.75 Å². The van der Waals surface area contributed by atoms with E-state index in [0.29, 0.717) is 42.4 Å². The van der Waals surface area contributed by atoms with E-state index in [0.717, 1.165) is 6.42 Å². The largest absolute Gasteiger partial charge is 0.491 e. The summed E-state index contributed by atoms with van der Waals surface area (Å²) in [6.07, 6.45) is 1.85. The third-order valence-corrected chi connectivity index (χ3v) is 5.02. The minimum absolute atomic E-state index is 0.177. The number of hydrogen-bond acceptors (Lipinski definition) is 4. The molecule has 1 heterocycles. The Balaban J connectivity index is 1.49. The van der Waals surface area contributed by atoms with Crippen LogP contribution in [0.1, 0.15) is 19.3 Å². The molecule has 1 aliphatic heterocycles. The van der Waals surface area contributed by atoms with Gasteiger partial charge in [-0.05, 0) is 62.2 Å². The molecule has 150 valence electrons. The molecule has 0 aliphatic carbocycles. The third kappa shape index (κ3) is 6.19. The summed E-state index contributed by atoms with van der Waals surface area (Å²) in [4.78, 5) is 14.2. The summed E-state index contributed by atoms with van der Waals surface area (Å²) < 4.78 is 18.9. The standard InChI is InChI=1S/C21H24ClFN2O3/c22-16-4-1-7-19(12-16)28-15-21(27)8-3-10-25(11-9-21)14-20(26)24-18-6-2-5-17(23)13-18/h1-2,4-7,12-13,27H,3,8-11,14-15H2,(H,24,26). The van der Waals surface area contributed by atoms with E-state index in [1.165, 1.54) is 12.1 Å². The topological polar surface area (TPSA) is 61.8 Å². The Labute approximate surface area is 169 Å². The van der Waals surface area contributed by atoms with E-state index in [-0.39, 0.29) is 19.1 Å². The van der Waals surface area contributed by atoms with Crippen LogP contribution >= 0.6 is 11.6 Å². The Morgan fingerprint density at radius 2 is 2.04 bits per heavy atom. The first-order valence-electron chi connectivity index (χ1n) is 9.30. The van der Waals surface area contributed by atoms with Gasteiger partial charge in [0.2, 0.25) is 5.91 Å². The molecule has 1 atom stereocenters. The second kappa shape index (κ2) is 9.37. The molecule has 1 saturated heterocycles. The first-order valence-corrected chi connectivity index (χ1v) is 9.68. The van der Waals surface area contributed by atoms with Crippen LogP contribution in [0, 0.1) is 5.82 Å². The van der Waals surface area contributed by atoms with Crippen LogP contribution in [-0.4, -0.2) is 47.8 Å². The maximum atomic E-state index is 13.2. The van der Waals surface area contributed by atoms with Crippen LogP contribution < -0.4 is 10.1 Å². The number of ether oxygens (including phenoxy) is 1. The zero-order valence-electron chi connectivity index (χ0n) is 15.5. The van der Waals surface area contributed by atoms with Gasteiger partial charge in [-0.15, -0.1) is 0 Å². The fourth-order valence-corrected chi connectivity index (χ4v) is 3.46. The number of aliphatic hydroxyl groups is 1. The molecule has 2 aromatic carbocycles. The average molecular weight is 407 g/mol. The van der Waals surface area contributed by atoms with E-state index in [1.54, 1.807) is 36.4 Å². The van der Waals surface area contributed by atoms with Gasteiger partial charge in [0.25, 0.3) is 0 Å². The summed E-state index contributed by atoms with van der Waals surface area (Å²) in [5.41, 5.74) is -0.512. The summed E-state index contributed by atoms with van der Waals surface area (Å²) in [7, 11) is 0. The zero-order chi connectivity index (χ0) is 20.0. The number of benzene rings is 2. The quantitative estimate of drug-likeness (QED) is 0.767. The van der Waals surface area contributed by atoms with Crippen LogP contribution in [0.4, 0.5) is 10.1 Å². The van der Waals surface area contributed by atoms with E-state index in [4.69, 9.17) is 16.3 Å². The molecule has 2 N–H and O–H groups in total. The summed E-state index contributed by atoms with van der Waals surface area (Å²) in [6, 6.07) is 12.9. The number of carbonyl (C=O) groups excluding carboxylic acids is 1. The van der Waals surface area contributed by atoms with Crippen molar-refractivity contribution in [2.24, 2.45) is 0 Å². The molecular weight excluding hydrogens is 383 g/mol. The van der Waals surface area contributed by atoms with Crippen molar-refractivity contribution < 1.29 is 19.0 Å².